The second kappa shape index (κ2) is 8.18. The van der Waals surface area contributed by atoms with E-state index in [1.807, 2.05) is 0 Å². The van der Waals surface area contributed by atoms with Crippen LogP contribution < -0.4 is 0 Å². The number of piperidine rings is 2. The SMILES string of the molecule is CC(=O)O[C@@H]1CC[C@@]2(C)[C@H](C1)[C@H](O)C[C@@H]1[C@@H]2C[C@H]2[C@@H]3CN4C[C@H](C)CC[C@H]4[C@H](C)[C@@H]3CC[C@@]12O. The summed E-state index contributed by atoms with van der Waals surface area (Å²) in [5, 5.41) is 23.7. The molecule has 2 heterocycles. The Morgan fingerprint density at radius 1 is 0.912 bits per heavy atom. The van der Waals surface area contributed by atoms with Gasteiger partial charge in [0, 0.05) is 26.1 Å². The van der Waals surface area contributed by atoms with E-state index in [-0.39, 0.29) is 29.3 Å². The van der Waals surface area contributed by atoms with Crippen LogP contribution in [0.25, 0.3) is 0 Å². The van der Waals surface area contributed by atoms with E-state index >= 15 is 0 Å². The first-order chi connectivity index (χ1) is 16.1. The van der Waals surface area contributed by atoms with Crippen molar-refractivity contribution in [3.05, 3.63) is 0 Å². The summed E-state index contributed by atoms with van der Waals surface area (Å²) < 4.78 is 5.60. The molecule has 2 N–H and O–H groups in total. The molecule has 0 aromatic heterocycles. The number of carbonyl (C=O) groups excluding carboxylic acids is 1. The Kier molecular flexibility index (Phi) is 5.71. The van der Waals surface area contributed by atoms with Gasteiger partial charge in [-0.15, -0.1) is 0 Å². The third kappa shape index (κ3) is 3.39. The number of aliphatic hydroxyl groups is 2. The van der Waals surface area contributed by atoms with E-state index in [1.165, 1.54) is 32.9 Å². The van der Waals surface area contributed by atoms with Crippen LogP contribution in [0.15, 0.2) is 0 Å². The lowest BCUT2D eigenvalue weighted by atomic mass is 9.50. The van der Waals surface area contributed by atoms with Crippen molar-refractivity contribution in [3.63, 3.8) is 0 Å². The Labute approximate surface area is 206 Å². The fraction of sp³-hybridized carbons (Fsp3) is 0.966. The highest BCUT2D eigenvalue weighted by Gasteiger charge is 2.68. The average molecular weight is 474 g/mol. The van der Waals surface area contributed by atoms with Crippen LogP contribution in [0.3, 0.4) is 0 Å². The van der Waals surface area contributed by atoms with E-state index < -0.39 is 11.7 Å². The number of hydrogen-bond donors (Lipinski definition) is 2. The molecule has 0 unspecified atom stereocenters. The third-order valence-electron chi connectivity index (χ3n) is 12.4. The zero-order valence-electron chi connectivity index (χ0n) is 21.8. The second-order valence-electron chi connectivity index (χ2n) is 13.9. The van der Waals surface area contributed by atoms with Crippen molar-refractivity contribution in [2.24, 2.45) is 52.8 Å². The van der Waals surface area contributed by atoms with Gasteiger partial charge in [-0.05, 0) is 111 Å². The fourth-order valence-corrected chi connectivity index (χ4v) is 10.9. The van der Waals surface area contributed by atoms with Gasteiger partial charge in [-0.25, -0.2) is 0 Å². The van der Waals surface area contributed by atoms with Crippen LogP contribution >= 0.6 is 0 Å². The van der Waals surface area contributed by atoms with Crippen LogP contribution in [0.2, 0.25) is 0 Å². The third-order valence-corrected chi connectivity index (χ3v) is 12.4. The van der Waals surface area contributed by atoms with Gasteiger partial charge in [0.1, 0.15) is 6.10 Å². The highest BCUT2D eigenvalue weighted by Crippen LogP contribution is 2.68. The number of rotatable bonds is 1. The number of aliphatic hydroxyl groups excluding tert-OH is 1. The summed E-state index contributed by atoms with van der Waals surface area (Å²) in [5.41, 5.74) is -0.578. The van der Waals surface area contributed by atoms with Gasteiger partial charge in [0.05, 0.1) is 11.7 Å². The van der Waals surface area contributed by atoms with Crippen molar-refractivity contribution in [2.45, 2.75) is 109 Å². The molecule has 6 aliphatic rings. The molecule has 6 rings (SSSR count). The minimum absolute atomic E-state index is 0.0318. The first kappa shape index (κ1) is 23.7. The lowest BCUT2D eigenvalue weighted by molar-refractivity contribution is -0.182. The standard InChI is InChI=1S/C29H47NO4/c1-16-5-6-26-17(2)20-8-10-29(33)22(21(20)15-30(26)14-16)12-23-24(29)13-27(32)25-11-19(34-18(3)31)7-9-28(23,25)4/h16-17,19-27,32-33H,5-15H2,1-4H3/t16-,17-,19-,20+,21-,22+,23+,24-,25-,26+,27-,28-,29+/m1/s1. The van der Waals surface area contributed by atoms with E-state index in [9.17, 15) is 15.0 Å². The lowest BCUT2D eigenvalue weighted by Gasteiger charge is -2.59. The number of fused-ring (bicyclic) bond motifs is 8. The molecule has 0 aromatic rings. The predicted molar refractivity (Wildman–Crippen MR) is 131 cm³/mol. The number of esters is 1. The minimum atomic E-state index is -0.610. The second-order valence-corrected chi connectivity index (χ2v) is 13.9. The average Bonchev–Trinajstić information content (AvgIpc) is 3.08. The van der Waals surface area contributed by atoms with Gasteiger partial charge in [-0.1, -0.05) is 20.8 Å². The lowest BCUT2D eigenvalue weighted by Crippen LogP contribution is -2.62. The molecule has 4 saturated carbocycles. The molecule has 0 amide bonds. The summed E-state index contributed by atoms with van der Waals surface area (Å²) in [6.45, 7) is 11.2. The van der Waals surface area contributed by atoms with Crippen LogP contribution in [-0.2, 0) is 9.53 Å². The summed E-state index contributed by atoms with van der Waals surface area (Å²) in [6.07, 6.45) is 8.85. The smallest absolute Gasteiger partial charge is 0.302 e. The molecule has 34 heavy (non-hydrogen) atoms. The molecule has 0 radical (unpaired) electrons. The zero-order valence-corrected chi connectivity index (χ0v) is 21.8. The Morgan fingerprint density at radius 3 is 2.47 bits per heavy atom. The quantitative estimate of drug-likeness (QED) is 0.557. The van der Waals surface area contributed by atoms with Crippen LogP contribution in [0, 0.1) is 52.8 Å². The van der Waals surface area contributed by atoms with E-state index in [1.54, 1.807) is 0 Å². The van der Waals surface area contributed by atoms with Gasteiger partial charge >= 0.3 is 5.97 Å². The number of carbonyl (C=O) groups is 1. The van der Waals surface area contributed by atoms with Crippen molar-refractivity contribution < 1.29 is 19.7 Å². The Morgan fingerprint density at radius 2 is 1.71 bits per heavy atom. The maximum atomic E-state index is 12.4. The van der Waals surface area contributed by atoms with Crippen molar-refractivity contribution in [3.8, 4) is 0 Å². The van der Waals surface area contributed by atoms with Crippen LogP contribution in [0.4, 0.5) is 0 Å². The monoisotopic (exact) mass is 473 g/mol. The summed E-state index contributed by atoms with van der Waals surface area (Å²) in [7, 11) is 0. The zero-order chi connectivity index (χ0) is 24.0. The molecular formula is C29H47NO4. The van der Waals surface area contributed by atoms with Gasteiger partial charge in [-0.3, -0.25) is 9.69 Å². The van der Waals surface area contributed by atoms with Crippen molar-refractivity contribution >= 4 is 5.97 Å². The van der Waals surface area contributed by atoms with E-state index in [0.717, 1.165) is 68.7 Å². The summed E-state index contributed by atoms with van der Waals surface area (Å²) in [6, 6.07) is 0.743. The molecular weight excluding hydrogens is 426 g/mol. The molecule has 2 aliphatic heterocycles. The fourth-order valence-electron chi connectivity index (χ4n) is 10.9. The van der Waals surface area contributed by atoms with Gasteiger partial charge in [0.15, 0.2) is 0 Å². The number of hydrogen-bond acceptors (Lipinski definition) is 5. The first-order valence-electron chi connectivity index (χ1n) is 14.4. The molecule has 192 valence electrons. The highest BCUT2D eigenvalue weighted by molar-refractivity contribution is 5.66. The normalized spacial score (nSPS) is 56.9. The highest BCUT2D eigenvalue weighted by atomic mass is 16.5. The minimum Gasteiger partial charge on any atom is -0.463 e. The van der Waals surface area contributed by atoms with Crippen LogP contribution in [0.5, 0.6) is 0 Å². The van der Waals surface area contributed by atoms with Gasteiger partial charge in [0.2, 0.25) is 0 Å². The van der Waals surface area contributed by atoms with Gasteiger partial charge < -0.3 is 14.9 Å². The predicted octanol–water partition coefficient (Wildman–Crippen LogP) is 4.25. The van der Waals surface area contributed by atoms with Crippen molar-refractivity contribution in [1.82, 2.24) is 4.90 Å². The van der Waals surface area contributed by atoms with Crippen molar-refractivity contribution in [1.29, 1.82) is 0 Å². The summed E-state index contributed by atoms with van der Waals surface area (Å²) >= 11 is 0. The topological polar surface area (TPSA) is 70.0 Å². The summed E-state index contributed by atoms with van der Waals surface area (Å²) in [4.78, 5) is 14.4. The Hall–Kier alpha value is -0.650. The molecule has 0 spiro atoms. The number of nitrogens with zero attached hydrogens (tertiary/aromatic N) is 1. The summed E-state index contributed by atoms with van der Waals surface area (Å²) in [5.74, 6) is 3.88. The molecule has 2 saturated heterocycles. The maximum absolute atomic E-state index is 12.4. The molecule has 13 atom stereocenters. The maximum Gasteiger partial charge on any atom is 0.302 e. The number of ether oxygens (including phenoxy) is 1. The molecule has 6 fully saturated rings. The van der Waals surface area contributed by atoms with Crippen molar-refractivity contribution in [2.75, 3.05) is 13.1 Å². The molecule has 4 aliphatic carbocycles. The van der Waals surface area contributed by atoms with Gasteiger partial charge in [-0.2, -0.15) is 0 Å². The Bertz CT molecular complexity index is 816. The van der Waals surface area contributed by atoms with E-state index in [0.29, 0.717) is 17.8 Å². The largest absolute Gasteiger partial charge is 0.463 e. The van der Waals surface area contributed by atoms with E-state index in [2.05, 4.69) is 25.7 Å². The molecule has 5 heteroatoms. The molecule has 0 aromatic carbocycles. The van der Waals surface area contributed by atoms with Gasteiger partial charge in [0.25, 0.3) is 0 Å². The van der Waals surface area contributed by atoms with Crippen LogP contribution in [0.1, 0.15) is 85.5 Å². The first-order valence-corrected chi connectivity index (χ1v) is 14.4. The van der Waals surface area contributed by atoms with E-state index in [4.69, 9.17) is 4.74 Å². The molecule has 0 bridgehead atoms. The van der Waals surface area contributed by atoms with Crippen LogP contribution in [-0.4, -0.2) is 58.0 Å². The molecule has 5 nitrogen and oxygen atoms in total. The Balaban J connectivity index is 1.27.